The van der Waals surface area contributed by atoms with Crippen molar-refractivity contribution in [3.8, 4) is 16.9 Å². The molecule has 0 saturated carbocycles. The molecule has 0 amide bonds. The Morgan fingerprint density at radius 3 is 1.78 bits per heavy atom. The van der Waals surface area contributed by atoms with Gasteiger partial charge in [0.25, 0.3) is 0 Å². The van der Waals surface area contributed by atoms with Crippen molar-refractivity contribution in [1.29, 1.82) is 0 Å². The summed E-state index contributed by atoms with van der Waals surface area (Å²) in [6.07, 6.45) is 5.22. The van der Waals surface area contributed by atoms with Crippen molar-refractivity contribution in [3.63, 3.8) is 0 Å². The minimum absolute atomic E-state index is 0.0814. The van der Waals surface area contributed by atoms with E-state index in [0.717, 1.165) is 42.7 Å². The Bertz CT molecular complexity index is 1640. The SMILES string of the molecule is C=C(C)C(=O)OCC(COC(=O)C(=O)OC)(COC(=O)C(=O)OC)COc1ccc(-c2ccc3cc(CCCCC)ccc3c2)cc1CC. The number of rotatable bonds is 16. The van der Waals surface area contributed by atoms with Gasteiger partial charge in [-0.2, -0.15) is 0 Å². The van der Waals surface area contributed by atoms with Crippen LogP contribution >= 0.6 is 0 Å². The van der Waals surface area contributed by atoms with Crippen LogP contribution < -0.4 is 4.74 Å². The highest BCUT2D eigenvalue weighted by molar-refractivity contribution is 6.30. The third kappa shape index (κ3) is 10.9. The van der Waals surface area contributed by atoms with Crippen LogP contribution in [-0.4, -0.2) is 70.5 Å². The molecule has 0 heterocycles. The third-order valence-electron chi connectivity index (χ3n) is 7.86. The van der Waals surface area contributed by atoms with Gasteiger partial charge in [-0.15, -0.1) is 0 Å². The van der Waals surface area contributed by atoms with Crippen LogP contribution in [-0.2, 0) is 60.5 Å². The van der Waals surface area contributed by atoms with Crippen molar-refractivity contribution >= 4 is 40.6 Å². The molecule has 0 aliphatic rings. The Hall–Kier alpha value is -5.19. The first-order valence-corrected chi connectivity index (χ1v) is 16.1. The average Bonchev–Trinajstić information content (AvgIpc) is 3.12. The highest BCUT2D eigenvalue weighted by atomic mass is 16.6. The quantitative estimate of drug-likeness (QED) is 0.0605. The molecular formula is C38H44O11. The van der Waals surface area contributed by atoms with E-state index in [0.29, 0.717) is 12.2 Å². The van der Waals surface area contributed by atoms with Gasteiger partial charge in [0.05, 0.1) is 14.2 Å². The van der Waals surface area contributed by atoms with Gasteiger partial charge in [-0.3, -0.25) is 0 Å². The third-order valence-corrected chi connectivity index (χ3v) is 7.86. The summed E-state index contributed by atoms with van der Waals surface area (Å²) in [5.41, 5.74) is 2.68. The van der Waals surface area contributed by atoms with E-state index in [1.54, 1.807) is 6.07 Å². The molecule has 0 saturated heterocycles. The second kappa shape index (κ2) is 18.4. The standard InChI is InChI=1S/C38H44O11/c1-7-9-10-11-26-12-13-29-20-30(15-14-28(29)18-26)31-16-17-32(27(8-2)19-31)46-21-38(22-47-33(39)25(3)4,23-48-36(42)34(40)44-5)24-49-37(43)35(41)45-6/h12-20H,3,7-11,21-24H2,1-2,4-6H3. The summed E-state index contributed by atoms with van der Waals surface area (Å²) in [7, 11) is 2.01. The number of esters is 5. The van der Waals surface area contributed by atoms with Crippen LogP contribution in [0.1, 0.15) is 51.2 Å². The lowest BCUT2D eigenvalue weighted by Gasteiger charge is -2.32. The van der Waals surface area contributed by atoms with Gasteiger partial charge in [0, 0.05) is 5.57 Å². The van der Waals surface area contributed by atoms with Gasteiger partial charge in [0.15, 0.2) is 0 Å². The number of fused-ring (bicyclic) bond motifs is 1. The second-order valence-electron chi connectivity index (χ2n) is 11.8. The first-order valence-electron chi connectivity index (χ1n) is 16.1. The molecule has 11 heteroatoms. The summed E-state index contributed by atoms with van der Waals surface area (Å²) in [4.78, 5) is 60.3. The molecule has 0 atom stereocenters. The van der Waals surface area contributed by atoms with Gasteiger partial charge in [-0.1, -0.05) is 69.7 Å². The van der Waals surface area contributed by atoms with Gasteiger partial charge >= 0.3 is 29.8 Å². The normalized spacial score (nSPS) is 11.0. The van der Waals surface area contributed by atoms with Gasteiger partial charge in [-0.25, -0.2) is 24.0 Å². The molecule has 0 N–H and O–H groups in total. The Labute approximate surface area is 286 Å². The number of ether oxygens (including phenoxy) is 6. The smallest absolute Gasteiger partial charge is 0.417 e. The fourth-order valence-electron chi connectivity index (χ4n) is 4.93. The molecule has 3 aromatic rings. The Kier molecular flexibility index (Phi) is 14.4. The molecule has 0 fully saturated rings. The molecule has 11 nitrogen and oxygen atoms in total. The van der Waals surface area contributed by atoms with E-state index in [9.17, 15) is 24.0 Å². The van der Waals surface area contributed by atoms with Crippen molar-refractivity contribution in [2.75, 3.05) is 40.6 Å². The highest BCUT2D eigenvalue weighted by Gasteiger charge is 2.39. The maximum absolute atomic E-state index is 12.3. The predicted octanol–water partition coefficient (Wildman–Crippen LogP) is 5.72. The first kappa shape index (κ1) is 38.3. The summed E-state index contributed by atoms with van der Waals surface area (Å²) in [5.74, 6) is -5.52. The molecule has 3 aromatic carbocycles. The van der Waals surface area contributed by atoms with Crippen molar-refractivity contribution in [2.24, 2.45) is 5.41 Å². The molecule has 0 aliphatic carbocycles. The fraction of sp³-hybridized carbons (Fsp3) is 0.395. The highest BCUT2D eigenvalue weighted by Crippen LogP contribution is 2.32. The zero-order valence-electron chi connectivity index (χ0n) is 28.8. The Morgan fingerprint density at radius 1 is 0.653 bits per heavy atom. The molecule has 3 rings (SSSR count). The molecule has 0 radical (unpaired) electrons. The number of carbonyl (C=O) groups excluding carboxylic acids is 5. The summed E-state index contributed by atoms with van der Waals surface area (Å²) in [6, 6.07) is 18.6. The number of unbranched alkanes of at least 4 members (excludes halogenated alkanes) is 2. The lowest BCUT2D eigenvalue weighted by atomic mass is 9.91. The van der Waals surface area contributed by atoms with Crippen molar-refractivity contribution in [3.05, 3.63) is 77.9 Å². The molecular weight excluding hydrogens is 632 g/mol. The summed E-state index contributed by atoms with van der Waals surface area (Å²) in [6.45, 7) is 7.09. The first-order chi connectivity index (χ1) is 23.4. The molecule has 0 unspecified atom stereocenters. The number of hydrogen-bond donors (Lipinski definition) is 0. The number of aryl methyl sites for hydroxylation is 2. The molecule has 0 bridgehead atoms. The largest absolute Gasteiger partial charge is 0.492 e. The Balaban J connectivity index is 1.90. The second-order valence-corrected chi connectivity index (χ2v) is 11.8. The van der Waals surface area contributed by atoms with E-state index in [4.69, 9.17) is 18.9 Å². The predicted molar refractivity (Wildman–Crippen MR) is 182 cm³/mol. The summed E-state index contributed by atoms with van der Waals surface area (Å²) >= 11 is 0. The van der Waals surface area contributed by atoms with E-state index in [1.807, 2.05) is 19.1 Å². The molecule has 0 aliphatic heterocycles. The number of methoxy groups -OCH3 is 2. The molecule has 262 valence electrons. The number of hydrogen-bond acceptors (Lipinski definition) is 11. The van der Waals surface area contributed by atoms with Crippen LogP contribution in [0.25, 0.3) is 21.9 Å². The minimum Gasteiger partial charge on any atom is -0.492 e. The minimum atomic E-state index is -1.57. The Morgan fingerprint density at radius 2 is 1.20 bits per heavy atom. The van der Waals surface area contributed by atoms with Crippen molar-refractivity contribution in [2.45, 2.75) is 52.9 Å². The molecule has 0 aromatic heterocycles. The lowest BCUT2D eigenvalue weighted by Crippen LogP contribution is -2.45. The number of carbonyl (C=O) groups is 5. The zero-order chi connectivity index (χ0) is 36.0. The zero-order valence-corrected chi connectivity index (χ0v) is 28.8. The van der Waals surface area contributed by atoms with Crippen molar-refractivity contribution < 1.29 is 52.4 Å². The van der Waals surface area contributed by atoms with E-state index < -0.39 is 55.1 Å². The van der Waals surface area contributed by atoms with Gasteiger partial charge in [0.2, 0.25) is 0 Å². The molecule has 49 heavy (non-hydrogen) atoms. The van der Waals surface area contributed by atoms with E-state index in [1.165, 1.54) is 37.1 Å². The van der Waals surface area contributed by atoms with E-state index in [-0.39, 0.29) is 12.2 Å². The van der Waals surface area contributed by atoms with Crippen LogP contribution in [0.5, 0.6) is 5.75 Å². The summed E-state index contributed by atoms with van der Waals surface area (Å²) in [5, 5.41) is 2.31. The monoisotopic (exact) mass is 676 g/mol. The average molecular weight is 677 g/mol. The maximum Gasteiger partial charge on any atom is 0.417 e. The van der Waals surface area contributed by atoms with Crippen LogP contribution in [0.15, 0.2) is 66.7 Å². The van der Waals surface area contributed by atoms with Gasteiger partial charge < -0.3 is 28.4 Å². The number of benzene rings is 3. The van der Waals surface area contributed by atoms with Gasteiger partial charge in [-0.05, 0) is 77.4 Å². The maximum atomic E-state index is 12.3. The molecule has 0 spiro atoms. The van der Waals surface area contributed by atoms with Crippen LogP contribution in [0.2, 0.25) is 0 Å². The van der Waals surface area contributed by atoms with Crippen molar-refractivity contribution in [1.82, 2.24) is 0 Å². The van der Waals surface area contributed by atoms with Crippen LogP contribution in [0.4, 0.5) is 0 Å². The lowest BCUT2D eigenvalue weighted by molar-refractivity contribution is -0.177. The van der Waals surface area contributed by atoms with E-state index in [2.05, 4.69) is 59.4 Å². The van der Waals surface area contributed by atoms with Crippen LogP contribution in [0, 0.1) is 5.41 Å². The van der Waals surface area contributed by atoms with Gasteiger partial charge in [0.1, 0.15) is 37.6 Å². The van der Waals surface area contributed by atoms with E-state index >= 15 is 0 Å². The summed E-state index contributed by atoms with van der Waals surface area (Å²) < 4.78 is 30.7. The van der Waals surface area contributed by atoms with Crippen LogP contribution in [0.3, 0.4) is 0 Å². The fourth-order valence-corrected chi connectivity index (χ4v) is 4.93. The topological polar surface area (TPSA) is 141 Å².